The molecule has 0 aliphatic heterocycles. The van der Waals surface area contributed by atoms with Crippen molar-refractivity contribution < 1.29 is 0 Å². The SMILES string of the molecule is c1ccc(C2C3CCCCC3C(c3ccccc3)C3C4CCC5C6CCC7C8C(CCC(C9CCC(C4C95)C23)C68)C2C(c3ccccc3)C3CCCCC3C(c3ccccc3)C72)cc1. The molecule has 0 bridgehead atoms. The van der Waals surface area contributed by atoms with Gasteiger partial charge in [-0.05, 0) is 241 Å². The summed E-state index contributed by atoms with van der Waals surface area (Å²) in [4.78, 5) is 0. The average molecular weight is 845 g/mol. The molecule has 0 spiro atoms. The van der Waals surface area contributed by atoms with E-state index in [2.05, 4.69) is 121 Å². The van der Waals surface area contributed by atoms with Gasteiger partial charge in [0.05, 0.1) is 0 Å². The molecule has 20 unspecified atom stereocenters. The van der Waals surface area contributed by atoms with E-state index in [1.165, 1.54) is 51.4 Å². The summed E-state index contributed by atoms with van der Waals surface area (Å²) >= 11 is 0. The number of rotatable bonds is 4. The minimum atomic E-state index is 0.782. The minimum Gasteiger partial charge on any atom is -0.0622 e. The first-order valence-corrected chi connectivity index (χ1v) is 28.0. The lowest BCUT2D eigenvalue weighted by atomic mass is 9.39. The van der Waals surface area contributed by atoms with E-state index in [4.69, 9.17) is 0 Å². The van der Waals surface area contributed by atoms with Crippen molar-refractivity contribution in [3.8, 4) is 0 Å². The van der Waals surface area contributed by atoms with Gasteiger partial charge in [-0.25, -0.2) is 0 Å². The number of hydrogen-bond donors (Lipinski definition) is 0. The highest BCUT2D eigenvalue weighted by molar-refractivity contribution is 5.35. The molecule has 0 nitrogen and oxygen atoms in total. The summed E-state index contributed by atoms with van der Waals surface area (Å²) < 4.78 is 0. The lowest BCUT2D eigenvalue weighted by Gasteiger charge is -2.65. The van der Waals surface area contributed by atoms with E-state index in [9.17, 15) is 0 Å². The van der Waals surface area contributed by atoms with Gasteiger partial charge in [0.25, 0.3) is 0 Å². The van der Waals surface area contributed by atoms with Crippen LogP contribution in [0.3, 0.4) is 0 Å². The first kappa shape index (κ1) is 38.9. The van der Waals surface area contributed by atoms with Crippen LogP contribution in [-0.4, -0.2) is 0 Å². The summed E-state index contributed by atoms with van der Waals surface area (Å²) in [5.41, 5.74) is 6.96. The fourth-order valence-electron chi connectivity index (χ4n) is 23.5. The molecule has 0 amide bonds. The molecular formula is C64H76. The van der Waals surface area contributed by atoms with Crippen molar-refractivity contribution in [2.45, 2.75) is 126 Å². The first-order chi connectivity index (χ1) is 31.8. The Morgan fingerprint density at radius 3 is 0.625 bits per heavy atom. The normalized spacial score (nSPS) is 50.1. The summed E-state index contributed by atoms with van der Waals surface area (Å²) in [7, 11) is 0. The zero-order valence-corrected chi connectivity index (χ0v) is 38.7. The Labute approximate surface area is 386 Å². The molecule has 11 aliphatic carbocycles. The summed E-state index contributed by atoms with van der Waals surface area (Å²) in [5, 5.41) is 0. The molecule has 0 radical (unpaired) electrons. The van der Waals surface area contributed by atoms with Crippen LogP contribution in [-0.2, 0) is 0 Å². The second-order valence-electron chi connectivity index (χ2n) is 25.2. The maximum absolute atomic E-state index is 2.60. The van der Waals surface area contributed by atoms with Gasteiger partial charge in [0, 0.05) is 0 Å². The Bertz CT molecular complexity index is 1960. The third-order valence-corrected chi connectivity index (χ3v) is 24.1. The molecule has 0 saturated heterocycles. The molecular weight excluding hydrogens is 769 g/mol. The van der Waals surface area contributed by atoms with Crippen LogP contribution in [0.15, 0.2) is 121 Å². The maximum Gasteiger partial charge on any atom is -0.00967 e. The van der Waals surface area contributed by atoms with E-state index in [0.717, 1.165) is 142 Å². The number of benzene rings is 4. The van der Waals surface area contributed by atoms with E-state index < -0.39 is 0 Å². The third-order valence-electron chi connectivity index (χ3n) is 24.1. The predicted molar refractivity (Wildman–Crippen MR) is 260 cm³/mol. The van der Waals surface area contributed by atoms with Crippen molar-refractivity contribution in [2.24, 2.45) is 118 Å². The van der Waals surface area contributed by atoms with Gasteiger partial charge in [0.15, 0.2) is 0 Å². The largest absolute Gasteiger partial charge is 0.0622 e. The highest BCUT2D eigenvalue weighted by Gasteiger charge is 2.73. The lowest BCUT2D eigenvalue weighted by molar-refractivity contribution is -0.171. The Morgan fingerprint density at radius 1 is 0.188 bits per heavy atom. The molecule has 11 fully saturated rings. The molecule has 0 heteroatoms. The highest BCUT2D eigenvalue weighted by atomic mass is 14.8. The summed E-state index contributed by atoms with van der Waals surface area (Å²) in [6, 6.07) is 49.3. The minimum absolute atomic E-state index is 0.782. The maximum atomic E-state index is 2.60. The fourth-order valence-corrected chi connectivity index (χ4v) is 23.5. The molecule has 0 aromatic heterocycles. The second kappa shape index (κ2) is 15.2. The van der Waals surface area contributed by atoms with E-state index in [-0.39, 0.29) is 0 Å². The molecule has 11 aliphatic rings. The zero-order valence-electron chi connectivity index (χ0n) is 38.7. The monoisotopic (exact) mass is 845 g/mol. The van der Waals surface area contributed by atoms with Crippen LogP contribution < -0.4 is 0 Å². The Kier molecular flexibility index (Phi) is 9.24. The Morgan fingerprint density at radius 2 is 0.391 bits per heavy atom. The average Bonchev–Trinajstić information content (AvgIpc) is 3.88. The molecule has 15 rings (SSSR count). The van der Waals surface area contributed by atoms with Crippen LogP contribution in [0.25, 0.3) is 0 Å². The Balaban J connectivity index is 0.825. The fraction of sp³-hybridized carbons (Fsp3) is 0.625. The van der Waals surface area contributed by atoms with Gasteiger partial charge in [-0.1, -0.05) is 147 Å². The van der Waals surface area contributed by atoms with Crippen molar-refractivity contribution >= 4 is 0 Å². The molecule has 332 valence electrons. The molecule has 64 heavy (non-hydrogen) atoms. The van der Waals surface area contributed by atoms with Gasteiger partial charge in [-0.3, -0.25) is 0 Å². The van der Waals surface area contributed by atoms with Gasteiger partial charge >= 0.3 is 0 Å². The molecule has 11 saturated carbocycles. The van der Waals surface area contributed by atoms with Crippen LogP contribution in [0.2, 0.25) is 0 Å². The van der Waals surface area contributed by atoms with Crippen molar-refractivity contribution in [1.29, 1.82) is 0 Å². The second-order valence-corrected chi connectivity index (χ2v) is 25.2. The van der Waals surface area contributed by atoms with Gasteiger partial charge in [0.1, 0.15) is 0 Å². The third kappa shape index (κ3) is 5.41. The van der Waals surface area contributed by atoms with Crippen molar-refractivity contribution in [3.05, 3.63) is 144 Å². The summed E-state index contributed by atoms with van der Waals surface area (Å²) in [5.74, 6) is 22.1. The smallest absolute Gasteiger partial charge is 0.00967 e. The van der Waals surface area contributed by atoms with E-state index in [1.54, 1.807) is 73.6 Å². The topological polar surface area (TPSA) is 0 Å². The van der Waals surface area contributed by atoms with Crippen LogP contribution in [0.4, 0.5) is 0 Å². The van der Waals surface area contributed by atoms with Crippen LogP contribution >= 0.6 is 0 Å². The van der Waals surface area contributed by atoms with Gasteiger partial charge in [-0.2, -0.15) is 0 Å². The van der Waals surface area contributed by atoms with E-state index in [0.29, 0.717) is 0 Å². The van der Waals surface area contributed by atoms with Crippen molar-refractivity contribution in [3.63, 3.8) is 0 Å². The molecule has 4 aromatic carbocycles. The lowest BCUT2D eigenvalue weighted by Crippen LogP contribution is -2.59. The predicted octanol–water partition coefficient (Wildman–Crippen LogP) is 15.8. The van der Waals surface area contributed by atoms with Gasteiger partial charge < -0.3 is 0 Å². The molecule has 4 aromatic rings. The molecule has 0 N–H and O–H groups in total. The quantitative estimate of drug-likeness (QED) is 0.192. The zero-order chi connectivity index (χ0) is 41.6. The Hall–Kier alpha value is -3.12. The van der Waals surface area contributed by atoms with Crippen LogP contribution in [0.1, 0.15) is 149 Å². The van der Waals surface area contributed by atoms with Crippen LogP contribution in [0, 0.1) is 118 Å². The summed E-state index contributed by atoms with van der Waals surface area (Å²) in [6.45, 7) is 0. The number of fused-ring (bicyclic) bond motifs is 10. The van der Waals surface area contributed by atoms with Crippen molar-refractivity contribution in [1.82, 2.24) is 0 Å². The number of hydrogen-bond acceptors (Lipinski definition) is 0. The molecule has 20 atom stereocenters. The first-order valence-electron chi connectivity index (χ1n) is 28.0. The van der Waals surface area contributed by atoms with Crippen molar-refractivity contribution in [2.75, 3.05) is 0 Å². The molecule has 0 heterocycles. The summed E-state index contributed by atoms with van der Waals surface area (Å²) in [6.07, 6.45) is 24.3. The van der Waals surface area contributed by atoms with E-state index in [1.807, 2.05) is 0 Å². The highest BCUT2D eigenvalue weighted by Crippen LogP contribution is 2.79. The van der Waals surface area contributed by atoms with Crippen LogP contribution in [0.5, 0.6) is 0 Å². The van der Waals surface area contributed by atoms with Gasteiger partial charge in [-0.15, -0.1) is 0 Å². The van der Waals surface area contributed by atoms with Gasteiger partial charge in [0.2, 0.25) is 0 Å². The van der Waals surface area contributed by atoms with E-state index >= 15 is 0 Å². The standard InChI is InChI=1S/C64H76/c1-5-17-37(18-6-1)53-41-25-13-14-26-42(41)54(38-19-7-2-8-20-38)62-50-34-30-46-48-32-36-52-60-51(35-31-47(58(48)60)45-29-33-49(61(53)62)59(50)57(45)46)63-55(39-21-9-3-10-22-39)43-27-15-16-28-44(43)56(64(52)63)40-23-11-4-12-24-40/h1-12,17-24,41-64H,13-16,25-36H2.